The van der Waals surface area contributed by atoms with Crippen LogP contribution in [-0.4, -0.2) is 18.0 Å². The van der Waals surface area contributed by atoms with E-state index in [1.165, 1.54) is 6.42 Å². The Balaban J connectivity index is 3.26. The Hall–Kier alpha value is -0.570. The van der Waals surface area contributed by atoms with Crippen molar-refractivity contribution < 1.29 is 4.79 Å². The number of carbonyl (C=O) groups excluding carboxylic acids is 1. The Kier molecular flexibility index (Phi) is 5.72. The first kappa shape index (κ1) is 11.4. The van der Waals surface area contributed by atoms with Crippen LogP contribution in [-0.2, 0) is 4.79 Å². The van der Waals surface area contributed by atoms with E-state index >= 15 is 0 Å². The van der Waals surface area contributed by atoms with E-state index in [1.807, 2.05) is 0 Å². The third-order valence-corrected chi connectivity index (χ3v) is 1.82. The molecule has 72 valence electrons. The molecule has 3 heteroatoms. The summed E-state index contributed by atoms with van der Waals surface area (Å²) >= 11 is 0. The molecule has 12 heavy (non-hydrogen) atoms. The molecule has 0 aliphatic carbocycles. The van der Waals surface area contributed by atoms with Gasteiger partial charge in [0.2, 0.25) is 5.91 Å². The van der Waals surface area contributed by atoms with Crippen molar-refractivity contribution in [3.05, 3.63) is 0 Å². The summed E-state index contributed by atoms with van der Waals surface area (Å²) < 4.78 is 0. The van der Waals surface area contributed by atoms with Crippen LogP contribution < -0.4 is 5.84 Å². The molecule has 0 aromatic rings. The van der Waals surface area contributed by atoms with E-state index in [4.69, 9.17) is 5.84 Å². The third kappa shape index (κ3) is 6.16. The van der Waals surface area contributed by atoms with Crippen molar-refractivity contribution in [1.29, 1.82) is 0 Å². The summed E-state index contributed by atoms with van der Waals surface area (Å²) in [6, 6.07) is 0. The van der Waals surface area contributed by atoms with Crippen molar-refractivity contribution in [3.8, 4) is 0 Å². The summed E-state index contributed by atoms with van der Waals surface area (Å²) in [6.45, 7) is 4.38. The summed E-state index contributed by atoms with van der Waals surface area (Å²) in [6.07, 6.45) is 3.86. The minimum absolute atomic E-state index is 0.0266. The molecule has 2 N–H and O–H groups in total. The molecule has 0 spiro atoms. The van der Waals surface area contributed by atoms with Crippen LogP contribution in [0.3, 0.4) is 0 Å². The quantitative estimate of drug-likeness (QED) is 0.296. The molecular formula is C9H20N2O. The van der Waals surface area contributed by atoms with Crippen LogP contribution in [0, 0.1) is 5.92 Å². The molecule has 0 aromatic heterocycles. The van der Waals surface area contributed by atoms with E-state index in [9.17, 15) is 4.79 Å². The maximum atomic E-state index is 11.0. The minimum atomic E-state index is 0.0266. The van der Waals surface area contributed by atoms with Gasteiger partial charge in [-0.05, 0) is 12.3 Å². The number of unbranched alkanes of at least 4 members (excludes halogenated alkanes) is 1. The second-order valence-electron chi connectivity index (χ2n) is 3.64. The molecule has 0 atom stereocenters. The average molecular weight is 172 g/mol. The van der Waals surface area contributed by atoms with E-state index in [1.54, 1.807) is 7.05 Å². The number of nitrogens with two attached hydrogens (primary N) is 1. The fourth-order valence-electron chi connectivity index (χ4n) is 1.01. The van der Waals surface area contributed by atoms with Gasteiger partial charge < -0.3 is 0 Å². The Bertz CT molecular complexity index is 132. The molecule has 0 fully saturated rings. The highest BCUT2D eigenvalue weighted by atomic mass is 16.2. The van der Waals surface area contributed by atoms with E-state index in [0.717, 1.165) is 23.8 Å². The zero-order chi connectivity index (χ0) is 9.56. The Labute approximate surface area is 74.9 Å². The van der Waals surface area contributed by atoms with Crippen LogP contribution in [0.15, 0.2) is 0 Å². The van der Waals surface area contributed by atoms with Gasteiger partial charge in [-0.3, -0.25) is 9.80 Å². The topological polar surface area (TPSA) is 46.3 Å². The summed E-state index contributed by atoms with van der Waals surface area (Å²) in [5.74, 6) is 6.02. The zero-order valence-electron chi connectivity index (χ0n) is 8.34. The van der Waals surface area contributed by atoms with E-state index in [-0.39, 0.29) is 5.91 Å². The van der Waals surface area contributed by atoms with Gasteiger partial charge in [0.15, 0.2) is 0 Å². The van der Waals surface area contributed by atoms with Gasteiger partial charge in [-0.15, -0.1) is 0 Å². The van der Waals surface area contributed by atoms with Gasteiger partial charge in [0.05, 0.1) is 0 Å². The molecule has 0 heterocycles. The smallest absolute Gasteiger partial charge is 0.236 e. The van der Waals surface area contributed by atoms with Crippen LogP contribution in [0.2, 0.25) is 0 Å². The third-order valence-electron chi connectivity index (χ3n) is 1.82. The number of amides is 1. The number of rotatable bonds is 5. The van der Waals surface area contributed by atoms with E-state index in [2.05, 4.69) is 13.8 Å². The Morgan fingerprint density at radius 2 is 2.00 bits per heavy atom. The molecule has 3 nitrogen and oxygen atoms in total. The van der Waals surface area contributed by atoms with E-state index < -0.39 is 0 Å². The highest BCUT2D eigenvalue weighted by molar-refractivity contribution is 5.75. The number of carbonyl (C=O) groups is 1. The van der Waals surface area contributed by atoms with Crippen molar-refractivity contribution in [3.63, 3.8) is 0 Å². The first-order valence-electron chi connectivity index (χ1n) is 4.55. The van der Waals surface area contributed by atoms with E-state index in [0.29, 0.717) is 6.42 Å². The lowest BCUT2D eigenvalue weighted by molar-refractivity contribution is -0.130. The highest BCUT2D eigenvalue weighted by Crippen LogP contribution is 2.08. The molecule has 0 aromatic carbocycles. The van der Waals surface area contributed by atoms with Gasteiger partial charge >= 0.3 is 0 Å². The van der Waals surface area contributed by atoms with Gasteiger partial charge in [0.1, 0.15) is 0 Å². The Morgan fingerprint density at radius 1 is 1.42 bits per heavy atom. The lowest BCUT2D eigenvalue weighted by Gasteiger charge is -2.09. The predicted octanol–water partition coefficient (Wildman–Crippen LogP) is 1.53. The lowest BCUT2D eigenvalue weighted by atomic mass is 10.1. The number of hydrogen-bond donors (Lipinski definition) is 1. The van der Waals surface area contributed by atoms with Crippen molar-refractivity contribution in [1.82, 2.24) is 5.01 Å². The largest absolute Gasteiger partial charge is 0.284 e. The molecule has 0 saturated carbocycles. The van der Waals surface area contributed by atoms with Crippen molar-refractivity contribution in [2.45, 2.75) is 39.5 Å². The lowest BCUT2D eigenvalue weighted by Crippen LogP contribution is -2.32. The van der Waals surface area contributed by atoms with Crippen LogP contribution in [0.1, 0.15) is 39.5 Å². The first-order valence-corrected chi connectivity index (χ1v) is 4.55. The summed E-state index contributed by atoms with van der Waals surface area (Å²) in [7, 11) is 1.59. The average Bonchev–Trinajstić information content (AvgIpc) is 1.97. The number of hydrogen-bond acceptors (Lipinski definition) is 2. The molecule has 0 rings (SSSR count). The standard InChI is InChI=1S/C9H20N2O/c1-8(2)6-4-5-7-9(12)11(3)10/h8H,4-7,10H2,1-3H3. The molecular weight excluding hydrogens is 152 g/mol. The maximum absolute atomic E-state index is 11.0. The van der Waals surface area contributed by atoms with Crippen LogP contribution in [0.25, 0.3) is 0 Å². The van der Waals surface area contributed by atoms with Crippen molar-refractivity contribution in [2.24, 2.45) is 11.8 Å². The summed E-state index contributed by atoms with van der Waals surface area (Å²) in [4.78, 5) is 11.0. The van der Waals surface area contributed by atoms with Crippen molar-refractivity contribution in [2.75, 3.05) is 7.05 Å². The summed E-state index contributed by atoms with van der Waals surface area (Å²) in [5, 5.41) is 1.16. The van der Waals surface area contributed by atoms with Gasteiger partial charge in [-0.2, -0.15) is 0 Å². The number of hydrazine groups is 1. The second-order valence-corrected chi connectivity index (χ2v) is 3.64. The summed E-state index contributed by atoms with van der Waals surface area (Å²) in [5.41, 5.74) is 0. The molecule has 0 radical (unpaired) electrons. The normalized spacial score (nSPS) is 10.4. The Morgan fingerprint density at radius 3 is 2.42 bits per heavy atom. The second kappa shape index (κ2) is 6.00. The van der Waals surface area contributed by atoms with Crippen molar-refractivity contribution >= 4 is 5.91 Å². The molecule has 0 bridgehead atoms. The zero-order valence-corrected chi connectivity index (χ0v) is 8.34. The van der Waals surface area contributed by atoms with Gasteiger partial charge in [0, 0.05) is 13.5 Å². The molecule has 0 aliphatic rings. The fraction of sp³-hybridized carbons (Fsp3) is 0.889. The van der Waals surface area contributed by atoms with Crippen LogP contribution >= 0.6 is 0 Å². The SMILES string of the molecule is CC(C)CCCCC(=O)N(C)N. The molecule has 0 unspecified atom stereocenters. The maximum Gasteiger partial charge on any atom is 0.236 e. The molecule has 1 amide bonds. The molecule has 0 saturated heterocycles. The van der Waals surface area contributed by atoms with Gasteiger partial charge in [-0.25, -0.2) is 5.84 Å². The monoisotopic (exact) mass is 172 g/mol. The fourth-order valence-corrected chi connectivity index (χ4v) is 1.01. The van der Waals surface area contributed by atoms with Crippen LogP contribution in [0.4, 0.5) is 0 Å². The van der Waals surface area contributed by atoms with Gasteiger partial charge in [-0.1, -0.05) is 26.7 Å². The van der Waals surface area contributed by atoms with Gasteiger partial charge in [0.25, 0.3) is 0 Å². The minimum Gasteiger partial charge on any atom is -0.284 e. The number of nitrogens with zero attached hydrogens (tertiary/aromatic N) is 1. The van der Waals surface area contributed by atoms with Crippen LogP contribution in [0.5, 0.6) is 0 Å². The highest BCUT2D eigenvalue weighted by Gasteiger charge is 2.03. The first-order chi connectivity index (χ1) is 5.54. The predicted molar refractivity (Wildman–Crippen MR) is 50.3 cm³/mol. The molecule has 0 aliphatic heterocycles.